The van der Waals surface area contributed by atoms with Gasteiger partial charge in [0, 0.05) is 18.5 Å². The molecule has 5 heteroatoms. The molecular weight excluding hydrogens is 185 g/mol. The Labute approximate surface area is 79.1 Å². The predicted octanol–water partition coefficient (Wildman–Crippen LogP) is 1.06. The summed E-state index contributed by atoms with van der Waals surface area (Å²) in [6.07, 6.45) is 1.54. The third-order valence-electron chi connectivity index (χ3n) is 2.00. The molecule has 4 nitrogen and oxygen atoms in total. The number of rotatable bonds is 1. The average Bonchev–Trinajstić information content (AvgIpc) is 2.62. The topological polar surface area (TPSA) is 57.8 Å². The van der Waals surface area contributed by atoms with Gasteiger partial charge in [0.1, 0.15) is 5.82 Å². The van der Waals surface area contributed by atoms with E-state index in [-0.39, 0.29) is 5.56 Å². The van der Waals surface area contributed by atoms with Crippen LogP contribution in [0.4, 0.5) is 4.39 Å². The zero-order valence-corrected chi connectivity index (χ0v) is 7.47. The lowest BCUT2D eigenvalue weighted by molar-refractivity contribution is 0.0959. The molecule has 1 heterocycles. The van der Waals surface area contributed by atoms with Gasteiger partial charge < -0.3 is 5.32 Å². The van der Waals surface area contributed by atoms with E-state index in [1.54, 1.807) is 6.20 Å². The third-order valence-corrected chi connectivity index (χ3v) is 2.00. The van der Waals surface area contributed by atoms with Gasteiger partial charge in [-0.3, -0.25) is 9.89 Å². The SMILES string of the molecule is CNC(=O)c1cc2cn[nH]c2cc1F. The van der Waals surface area contributed by atoms with E-state index < -0.39 is 11.7 Å². The lowest BCUT2D eigenvalue weighted by Crippen LogP contribution is -2.19. The lowest BCUT2D eigenvalue weighted by Gasteiger charge is -2.00. The molecule has 0 aliphatic carbocycles. The van der Waals surface area contributed by atoms with E-state index in [0.717, 1.165) is 0 Å². The first-order valence-corrected chi connectivity index (χ1v) is 4.07. The van der Waals surface area contributed by atoms with Crippen molar-refractivity contribution in [2.45, 2.75) is 0 Å². The Morgan fingerprint density at radius 1 is 1.57 bits per heavy atom. The van der Waals surface area contributed by atoms with Crippen molar-refractivity contribution in [3.63, 3.8) is 0 Å². The highest BCUT2D eigenvalue weighted by molar-refractivity contribution is 5.97. The molecule has 2 N–H and O–H groups in total. The second-order valence-corrected chi connectivity index (χ2v) is 2.87. The minimum absolute atomic E-state index is 0.0291. The van der Waals surface area contributed by atoms with Gasteiger partial charge in [-0.1, -0.05) is 0 Å². The van der Waals surface area contributed by atoms with Crippen molar-refractivity contribution in [2.24, 2.45) is 0 Å². The van der Waals surface area contributed by atoms with Gasteiger partial charge in [-0.15, -0.1) is 0 Å². The number of fused-ring (bicyclic) bond motifs is 1. The maximum atomic E-state index is 13.3. The van der Waals surface area contributed by atoms with E-state index in [4.69, 9.17) is 0 Å². The van der Waals surface area contributed by atoms with E-state index in [9.17, 15) is 9.18 Å². The second-order valence-electron chi connectivity index (χ2n) is 2.87. The normalized spacial score (nSPS) is 10.4. The maximum Gasteiger partial charge on any atom is 0.254 e. The fourth-order valence-corrected chi connectivity index (χ4v) is 1.27. The Hall–Kier alpha value is -1.91. The van der Waals surface area contributed by atoms with Crippen molar-refractivity contribution < 1.29 is 9.18 Å². The molecule has 2 rings (SSSR count). The number of H-pyrrole nitrogens is 1. The van der Waals surface area contributed by atoms with Crippen LogP contribution in [0.15, 0.2) is 18.3 Å². The number of nitrogens with one attached hydrogen (secondary N) is 2. The number of nitrogens with zero attached hydrogens (tertiary/aromatic N) is 1. The van der Waals surface area contributed by atoms with Crippen molar-refractivity contribution in [3.8, 4) is 0 Å². The number of hydrogen-bond donors (Lipinski definition) is 2. The molecule has 0 unspecified atom stereocenters. The number of hydrogen-bond acceptors (Lipinski definition) is 2. The zero-order chi connectivity index (χ0) is 10.1. The number of carbonyl (C=O) groups excluding carboxylic acids is 1. The first-order chi connectivity index (χ1) is 6.72. The number of aromatic amines is 1. The van der Waals surface area contributed by atoms with Gasteiger partial charge in [0.15, 0.2) is 0 Å². The van der Waals surface area contributed by atoms with Crippen LogP contribution in [0, 0.1) is 5.82 Å². The summed E-state index contributed by atoms with van der Waals surface area (Å²) in [7, 11) is 1.46. The molecule has 14 heavy (non-hydrogen) atoms. The predicted molar refractivity (Wildman–Crippen MR) is 49.4 cm³/mol. The summed E-state index contributed by atoms with van der Waals surface area (Å²) in [6, 6.07) is 2.72. The summed E-state index contributed by atoms with van der Waals surface area (Å²) in [5.41, 5.74) is 0.608. The van der Waals surface area contributed by atoms with Crippen LogP contribution in [0.5, 0.6) is 0 Å². The van der Waals surface area contributed by atoms with Gasteiger partial charge in [-0.05, 0) is 6.07 Å². The molecule has 0 bridgehead atoms. The molecule has 1 aromatic carbocycles. The molecule has 0 atom stereocenters. The molecule has 1 amide bonds. The number of benzene rings is 1. The van der Waals surface area contributed by atoms with Crippen LogP contribution in [0.3, 0.4) is 0 Å². The summed E-state index contributed by atoms with van der Waals surface area (Å²) in [5.74, 6) is -0.994. The molecular formula is C9H8FN3O. The monoisotopic (exact) mass is 193 g/mol. The fourth-order valence-electron chi connectivity index (χ4n) is 1.27. The first-order valence-electron chi connectivity index (χ1n) is 4.07. The highest BCUT2D eigenvalue weighted by atomic mass is 19.1. The molecule has 0 spiro atoms. The Kier molecular flexibility index (Phi) is 1.92. The molecule has 0 aliphatic rings. The first kappa shape index (κ1) is 8.68. The van der Waals surface area contributed by atoms with Crippen LogP contribution in [-0.2, 0) is 0 Å². The fraction of sp³-hybridized carbons (Fsp3) is 0.111. The van der Waals surface area contributed by atoms with Crippen molar-refractivity contribution >= 4 is 16.8 Å². The van der Waals surface area contributed by atoms with Gasteiger partial charge in [0.25, 0.3) is 5.91 Å². The van der Waals surface area contributed by atoms with E-state index in [0.29, 0.717) is 10.9 Å². The maximum absolute atomic E-state index is 13.3. The van der Waals surface area contributed by atoms with Gasteiger partial charge >= 0.3 is 0 Å². The van der Waals surface area contributed by atoms with Crippen LogP contribution in [0.2, 0.25) is 0 Å². The molecule has 0 saturated carbocycles. The van der Waals surface area contributed by atoms with E-state index >= 15 is 0 Å². The lowest BCUT2D eigenvalue weighted by atomic mass is 10.1. The Bertz CT molecular complexity index is 492. The van der Waals surface area contributed by atoms with E-state index in [1.807, 2.05) is 0 Å². The van der Waals surface area contributed by atoms with Crippen molar-refractivity contribution in [2.75, 3.05) is 7.05 Å². The smallest absolute Gasteiger partial charge is 0.254 e. The van der Waals surface area contributed by atoms with Gasteiger partial charge in [0.05, 0.1) is 17.3 Å². The second kappa shape index (κ2) is 3.10. The Morgan fingerprint density at radius 2 is 2.36 bits per heavy atom. The van der Waals surface area contributed by atoms with Crippen molar-refractivity contribution in [1.29, 1.82) is 0 Å². The molecule has 0 aliphatic heterocycles. The highest BCUT2D eigenvalue weighted by Crippen LogP contribution is 2.16. The summed E-state index contributed by atoms with van der Waals surface area (Å²) >= 11 is 0. The summed E-state index contributed by atoms with van der Waals surface area (Å²) in [5, 5.41) is 9.45. The van der Waals surface area contributed by atoms with Crippen LogP contribution in [0.25, 0.3) is 10.9 Å². The summed E-state index contributed by atoms with van der Waals surface area (Å²) < 4.78 is 13.3. The standard InChI is InChI=1S/C9H8FN3O/c1-11-9(14)6-2-5-4-12-13-8(5)3-7(6)10/h2-4H,1H3,(H,11,14)(H,12,13). The van der Waals surface area contributed by atoms with Crippen LogP contribution in [0.1, 0.15) is 10.4 Å². The minimum Gasteiger partial charge on any atom is -0.355 e. The van der Waals surface area contributed by atoms with Crippen LogP contribution in [-0.4, -0.2) is 23.2 Å². The summed E-state index contributed by atoms with van der Waals surface area (Å²) in [6.45, 7) is 0. The number of amides is 1. The molecule has 0 radical (unpaired) electrons. The molecule has 2 aromatic rings. The quantitative estimate of drug-likeness (QED) is 0.711. The number of aromatic nitrogens is 2. The summed E-state index contributed by atoms with van der Waals surface area (Å²) in [4.78, 5) is 11.2. The number of carbonyl (C=O) groups is 1. The van der Waals surface area contributed by atoms with Crippen LogP contribution >= 0.6 is 0 Å². The largest absolute Gasteiger partial charge is 0.355 e. The van der Waals surface area contributed by atoms with Gasteiger partial charge in [-0.25, -0.2) is 4.39 Å². The van der Waals surface area contributed by atoms with E-state index in [2.05, 4.69) is 15.5 Å². The Balaban J connectivity index is 2.64. The van der Waals surface area contributed by atoms with Gasteiger partial charge in [-0.2, -0.15) is 5.10 Å². The molecule has 72 valence electrons. The van der Waals surface area contributed by atoms with Crippen molar-refractivity contribution in [1.82, 2.24) is 15.5 Å². The third kappa shape index (κ3) is 1.22. The van der Waals surface area contributed by atoms with Gasteiger partial charge in [0.2, 0.25) is 0 Å². The zero-order valence-electron chi connectivity index (χ0n) is 7.47. The molecule has 1 aromatic heterocycles. The molecule has 0 fully saturated rings. The van der Waals surface area contributed by atoms with Crippen LogP contribution < -0.4 is 5.32 Å². The van der Waals surface area contributed by atoms with E-state index in [1.165, 1.54) is 19.2 Å². The number of halogens is 1. The minimum atomic E-state index is -0.555. The average molecular weight is 193 g/mol. The Morgan fingerprint density at radius 3 is 3.07 bits per heavy atom. The molecule has 0 saturated heterocycles. The van der Waals surface area contributed by atoms with Crippen molar-refractivity contribution in [3.05, 3.63) is 29.7 Å². The highest BCUT2D eigenvalue weighted by Gasteiger charge is 2.11.